The fourth-order valence-electron chi connectivity index (χ4n) is 4.29. The molecule has 154 valence electrons. The minimum absolute atomic E-state index is 0.279. The van der Waals surface area contributed by atoms with Crippen molar-refractivity contribution in [3.05, 3.63) is 88.9 Å². The van der Waals surface area contributed by atoms with Crippen molar-refractivity contribution in [1.82, 2.24) is 14.7 Å². The van der Waals surface area contributed by atoms with Gasteiger partial charge in [-0.15, -0.1) is 0 Å². The van der Waals surface area contributed by atoms with Crippen LogP contribution in [-0.2, 0) is 0 Å². The molecule has 5 rings (SSSR count). The van der Waals surface area contributed by atoms with E-state index in [1.54, 1.807) is 4.68 Å². The largest absolute Gasteiger partial charge is 0.419 e. The Labute approximate surface area is 181 Å². The van der Waals surface area contributed by atoms with Gasteiger partial charge in [-0.05, 0) is 37.5 Å². The monoisotopic (exact) mass is 409 g/mol. The van der Waals surface area contributed by atoms with Gasteiger partial charge >= 0.3 is 0 Å². The summed E-state index contributed by atoms with van der Waals surface area (Å²) in [5, 5.41) is 14.9. The predicted octanol–water partition coefficient (Wildman–Crippen LogP) is 4.56. The lowest BCUT2D eigenvalue weighted by Gasteiger charge is -2.25. The van der Waals surface area contributed by atoms with E-state index < -0.39 is 0 Å². The number of fused-ring (bicyclic) bond motifs is 1. The number of para-hydroxylation sites is 1. The van der Waals surface area contributed by atoms with E-state index >= 15 is 0 Å². The fourth-order valence-corrected chi connectivity index (χ4v) is 4.29. The first-order valence-electron chi connectivity index (χ1n) is 10.6. The number of aromatic nitrogens is 2. The summed E-state index contributed by atoms with van der Waals surface area (Å²) in [6.45, 7) is 3.92. The summed E-state index contributed by atoms with van der Waals surface area (Å²) in [6.07, 6.45) is 4.13. The van der Waals surface area contributed by atoms with Gasteiger partial charge in [-0.2, -0.15) is 10.4 Å². The highest BCUT2D eigenvalue weighted by Crippen LogP contribution is 2.45. The lowest BCUT2D eigenvalue weighted by molar-refractivity contribution is 0.366. The molecule has 1 atom stereocenters. The summed E-state index contributed by atoms with van der Waals surface area (Å²) in [6, 6.07) is 22.3. The smallest absolute Gasteiger partial charge is 0.237 e. The highest BCUT2D eigenvalue weighted by molar-refractivity contribution is 5.61. The molecule has 2 aliphatic heterocycles. The molecule has 1 saturated heterocycles. The van der Waals surface area contributed by atoms with Crippen LogP contribution >= 0.6 is 0 Å². The van der Waals surface area contributed by atoms with Crippen molar-refractivity contribution < 1.29 is 4.74 Å². The number of hydrogen-bond acceptors (Lipinski definition) is 4. The molecule has 3 aromatic rings. The Morgan fingerprint density at radius 1 is 1.06 bits per heavy atom. The van der Waals surface area contributed by atoms with E-state index in [0.29, 0.717) is 17.3 Å². The van der Waals surface area contributed by atoms with Gasteiger partial charge in [0.2, 0.25) is 11.8 Å². The van der Waals surface area contributed by atoms with Crippen LogP contribution in [0.2, 0.25) is 0 Å². The maximum atomic E-state index is 10.1. The van der Waals surface area contributed by atoms with Gasteiger partial charge in [-0.25, -0.2) is 9.67 Å². The van der Waals surface area contributed by atoms with Gasteiger partial charge in [-0.3, -0.25) is 0 Å². The Morgan fingerprint density at radius 3 is 2.42 bits per heavy atom. The van der Waals surface area contributed by atoms with Crippen LogP contribution < -0.4 is 4.74 Å². The average molecular weight is 409 g/mol. The Balaban J connectivity index is 1.68. The fraction of sp³-hybridized carbons (Fsp3) is 0.240. The summed E-state index contributed by atoms with van der Waals surface area (Å²) < 4.78 is 8.09. The molecule has 1 fully saturated rings. The van der Waals surface area contributed by atoms with Crippen molar-refractivity contribution in [1.29, 1.82) is 5.26 Å². The lowest BCUT2D eigenvalue weighted by atomic mass is 9.84. The number of likely N-dealkylation sites (tertiary alicyclic amines) is 1. The van der Waals surface area contributed by atoms with Crippen molar-refractivity contribution in [2.24, 2.45) is 4.99 Å². The first-order chi connectivity index (χ1) is 15.3. The molecule has 2 aromatic carbocycles. The van der Waals surface area contributed by atoms with Crippen LogP contribution in [0.3, 0.4) is 0 Å². The molecule has 31 heavy (non-hydrogen) atoms. The van der Waals surface area contributed by atoms with E-state index in [9.17, 15) is 5.26 Å². The van der Waals surface area contributed by atoms with E-state index in [2.05, 4.69) is 16.0 Å². The Bertz CT molecular complexity index is 1180. The van der Waals surface area contributed by atoms with Crippen molar-refractivity contribution in [3.63, 3.8) is 0 Å². The van der Waals surface area contributed by atoms with Crippen molar-refractivity contribution in [3.8, 4) is 17.6 Å². The number of hydrogen-bond donors (Lipinski definition) is 0. The molecule has 2 aliphatic rings. The second-order valence-electron chi connectivity index (χ2n) is 7.82. The van der Waals surface area contributed by atoms with Crippen LogP contribution in [0.15, 0.2) is 77.1 Å². The van der Waals surface area contributed by atoms with E-state index in [4.69, 9.17) is 9.84 Å². The third kappa shape index (κ3) is 3.49. The third-order valence-corrected chi connectivity index (χ3v) is 5.80. The minimum atomic E-state index is -0.279. The lowest BCUT2D eigenvalue weighted by Crippen LogP contribution is -2.20. The highest BCUT2D eigenvalue weighted by atomic mass is 16.5. The molecule has 0 aliphatic carbocycles. The summed E-state index contributed by atoms with van der Waals surface area (Å²) in [5.41, 5.74) is 4.18. The third-order valence-electron chi connectivity index (χ3n) is 5.80. The second-order valence-corrected chi connectivity index (χ2v) is 7.82. The van der Waals surface area contributed by atoms with Gasteiger partial charge in [0.15, 0.2) is 0 Å². The second kappa shape index (κ2) is 8.11. The minimum Gasteiger partial charge on any atom is -0.419 e. The maximum Gasteiger partial charge on any atom is 0.237 e. The zero-order chi connectivity index (χ0) is 21.2. The Morgan fingerprint density at radius 2 is 1.74 bits per heavy atom. The average Bonchev–Trinajstić information content (AvgIpc) is 3.46. The van der Waals surface area contributed by atoms with Crippen molar-refractivity contribution >= 4 is 6.34 Å². The van der Waals surface area contributed by atoms with Crippen LogP contribution in [0.4, 0.5) is 0 Å². The standard InChI is InChI=1S/C25H23N5O/c1-18-22-23(19-10-4-2-5-11-19)21(16-26)24(27-17-29-14-8-9-15-29)31-25(22)30(28-18)20-12-6-3-7-13-20/h2-7,10-13,17,23H,8-9,14-15H2,1H3/t23-/m1/s1. The zero-order valence-corrected chi connectivity index (χ0v) is 17.4. The molecule has 3 heterocycles. The number of aryl methyl sites for hydroxylation is 1. The molecule has 6 heteroatoms. The topological polar surface area (TPSA) is 66.4 Å². The van der Waals surface area contributed by atoms with Gasteiger partial charge in [0.05, 0.1) is 29.2 Å². The normalized spacial score (nSPS) is 18.2. The molecule has 0 amide bonds. The van der Waals surface area contributed by atoms with Gasteiger partial charge in [0.25, 0.3) is 0 Å². The maximum absolute atomic E-state index is 10.1. The summed E-state index contributed by atoms with van der Waals surface area (Å²) in [7, 11) is 0. The first kappa shape index (κ1) is 19.1. The number of rotatable bonds is 4. The molecule has 6 nitrogen and oxygen atoms in total. The number of allylic oxidation sites excluding steroid dienone is 1. The number of nitriles is 1. The van der Waals surface area contributed by atoms with Gasteiger partial charge in [0, 0.05) is 13.1 Å². The number of aliphatic imine (C=N–C) groups is 1. The van der Waals surface area contributed by atoms with E-state index in [-0.39, 0.29) is 5.92 Å². The molecule has 0 bridgehead atoms. The quantitative estimate of drug-likeness (QED) is 0.468. The Hall–Kier alpha value is -3.85. The van der Waals surface area contributed by atoms with Crippen LogP contribution in [0.25, 0.3) is 5.69 Å². The summed E-state index contributed by atoms with van der Waals surface area (Å²) >= 11 is 0. The van der Waals surface area contributed by atoms with Crippen LogP contribution in [0.5, 0.6) is 5.88 Å². The van der Waals surface area contributed by atoms with E-state index in [1.165, 1.54) is 0 Å². The molecule has 0 radical (unpaired) electrons. The number of benzene rings is 2. The molecule has 0 unspecified atom stereocenters. The van der Waals surface area contributed by atoms with Crippen LogP contribution in [0.1, 0.15) is 35.6 Å². The van der Waals surface area contributed by atoms with Crippen LogP contribution in [-0.4, -0.2) is 34.1 Å². The molecular weight excluding hydrogens is 386 g/mol. The first-order valence-corrected chi connectivity index (χ1v) is 10.6. The summed E-state index contributed by atoms with van der Waals surface area (Å²) in [5.74, 6) is 0.677. The van der Waals surface area contributed by atoms with E-state index in [1.807, 2.05) is 73.9 Å². The van der Waals surface area contributed by atoms with Gasteiger partial charge in [0.1, 0.15) is 11.6 Å². The molecule has 0 saturated carbocycles. The SMILES string of the molecule is Cc1nn(-c2ccccc2)c2c1[C@H](c1ccccc1)C(C#N)=C(N=CN1CCCC1)O2. The van der Waals surface area contributed by atoms with Gasteiger partial charge in [-0.1, -0.05) is 48.5 Å². The molecule has 0 N–H and O–H groups in total. The zero-order valence-electron chi connectivity index (χ0n) is 17.4. The molecule has 1 aromatic heterocycles. The number of nitrogens with zero attached hydrogens (tertiary/aromatic N) is 5. The van der Waals surface area contributed by atoms with E-state index in [0.717, 1.165) is 48.4 Å². The van der Waals surface area contributed by atoms with Crippen molar-refractivity contribution in [2.75, 3.05) is 13.1 Å². The number of ether oxygens (including phenoxy) is 1. The highest BCUT2D eigenvalue weighted by Gasteiger charge is 2.36. The van der Waals surface area contributed by atoms with Crippen molar-refractivity contribution in [2.45, 2.75) is 25.7 Å². The Kier molecular flexibility index (Phi) is 5.01. The molecule has 0 spiro atoms. The predicted molar refractivity (Wildman–Crippen MR) is 119 cm³/mol. The summed E-state index contributed by atoms with van der Waals surface area (Å²) in [4.78, 5) is 6.80. The van der Waals surface area contributed by atoms with Crippen LogP contribution in [0, 0.1) is 18.3 Å². The van der Waals surface area contributed by atoms with Gasteiger partial charge < -0.3 is 9.64 Å². The molecular formula is C25H23N5O.